The molecule has 0 aliphatic carbocycles. The summed E-state index contributed by atoms with van der Waals surface area (Å²) in [4.78, 5) is 7.99. The summed E-state index contributed by atoms with van der Waals surface area (Å²) in [6, 6.07) is 15.8. The Labute approximate surface area is 173 Å². The molecule has 6 nitrogen and oxygen atoms in total. The van der Waals surface area contributed by atoms with E-state index in [0.717, 1.165) is 38.4 Å². The van der Waals surface area contributed by atoms with Crippen LogP contribution in [0.4, 0.5) is 11.5 Å². The van der Waals surface area contributed by atoms with E-state index in [4.69, 9.17) is 10.7 Å². The van der Waals surface area contributed by atoms with Crippen LogP contribution in [0.2, 0.25) is 0 Å². The zero-order valence-corrected chi connectivity index (χ0v) is 17.3. The van der Waals surface area contributed by atoms with Crippen LogP contribution in [0, 0.1) is 6.92 Å². The van der Waals surface area contributed by atoms with Gasteiger partial charge in [-0.25, -0.2) is 4.98 Å². The maximum atomic E-state index is 12.6. The molecule has 152 valence electrons. The van der Waals surface area contributed by atoms with Crippen LogP contribution in [-0.2, 0) is 17.3 Å². The summed E-state index contributed by atoms with van der Waals surface area (Å²) in [5.74, 6) is 1.41. The topological polar surface area (TPSA) is 91.5 Å². The number of hydrogen-bond donors (Lipinski definition) is 3. The third-order valence-electron chi connectivity index (χ3n) is 5.19. The van der Waals surface area contributed by atoms with E-state index in [-0.39, 0.29) is 12.6 Å². The summed E-state index contributed by atoms with van der Waals surface area (Å²) in [5.41, 5.74) is 9.96. The number of nitrogens with two attached hydrogens (primary N) is 1. The van der Waals surface area contributed by atoms with Crippen molar-refractivity contribution >= 4 is 33.2 Å². The van der Waals surface area contributed by atoms with Gasteiger partial charge in [0.1, 0.15) is 5.82 Å². The molecule has 1 aliphatic rings. The Hall–Kier alpha value is -2.48. The van der Waals surface area contributed by atoms with Crippen LogP contribution >= 0.6 is 0 Å². The number of rotatable bonds is 5. The number of hydrogen-bond acceptors (Lipinski definition) is 6. The normalized spacial score (nSPS) is 17.6. The van der Waals surface area contributed by atoms with Gasteiger partial charge in [-0.1, -0.05) is 29.8 Å². The predicted molar refractivity (Wildman–Crippen MR) is 119 cm³/mol. The van der Waals surface area contributed by atoms with Crippen LogP contribution in [0.3, 0.4) is 0 Å². The van der Waals surface area contributed by atoms with Crippen LogP contribution in [0.1, 0.15) is 11.1 Å². The van der Waals surface area contributed by atoms with E-state index in [1.54, 1.807) is 0 Å². The van der Waals surface area contributed by atoms with Gasteiger partial charge in [-0.3, -0.25) is 4.21 Å². The van der Waals surface area contributed by atoms with Crippen molar-refractivity contribution in [2.24, 2.45) is 5.73 Å². The lowest BCUT2D eigenvalue weighted by Gasteiger charge is -2.24. The molecule has 29 heavy (non-hydrogen) atoms. The van der Waals surface area contributed by atoms with Crippen LogP contribution in [0.15, 0.2) is 53.4 Å². The fourth-order valence-corrected chi connectivity index (χ4v) is 4.84. The molecule has 0 fully saturated rings. The fraction of sp³-hybridized carbons (Fsp3) is 0.318. The van der Waals surface area contributed by atoms with Crippen LogP contribution in [-0.4, -0.2) is 45.8 Å². The van der Waals surface area contributed by atoms with Gasteiger partial charge in [0.05, 0.1) is 22.9 Å². The number of aryl methyl sites for hydroxylation is 1. The molecule has 2 heterocycles. The summed E-state index contributed by atoms with van der Waals surface area (Å²) < 4.78 is 12.6. The second-order valence-electron chi connectivity index (χ2n) is 7.45. The minimum atomic E-state index is -1.00. The maximum absolute atomic E-state index is 12.6. The minimum Gasteiger partial charge on any atom is -0.395 e. The highest BCUT2D eigenvalue weighted by Crippen LogP contribution is 2.30. The monoisotopic (exact) mass is 410 g/mol. The van der Waals surface area contributed by atoms with Crippen LogP contribution in [0.5, 0.6) is 0 Å². The first-order valence-corrected chi connectivity index (χ1v) is 11.1. The van der Waals surface area contributed by atoms with E-state index in [2.05, 4.69) is 29.3 Å². The van der Waals surface area contributed by atoms with Crippen LogP contribution in [0.25, 0.3) is 10.9 Å². The van der Waals surface area contributed by atoms with E-state index in [1.807, 2.05) is 36.4 Å². The van der Waals surface area contributed by atoms with Crippen molar-refractivity contribution < 1.29 is 9.32 Å². The molecule has 1 aliphatic heterocycles. The molecule has 0 saturated heterocycles. The summed E-state index contributed by atoms with van der Waals surface area (Å²) in [6.07, 6.45) is 0. The van der Waals surface area contributed by atoms with Gasteiger partial charge < -0.3 is 21.1 Å². The second kappa shape index (κ2) is 8.49. The van der Waals surface area contributed by atoms with E-state index in [9.17, 15) is 9.32 Å². The number of benzene rings is 2. The molecule has 4 N–H and O–H groups in total. The average Bonchev–Trinajstić information content (AvgIpc) is 2.91. The third-order valence-corrected chi connectivity index (χ3v) is 6.63. The number of aromatic nitrogens is 1. The van der Waals surface area contributed by atoms with Crippen molar-refractivity contribution in [3.8, 4) is 0 Å². The molecule has 0 saturated carbocycles. The summed E-state index contributed by atoms with van der Waals surface area (Å²) in [7, 11) is -1.00. The van der Waals surface area contributed by atoms with Crippen molar-refractivity contribution in [2.45, 2.75) is 24.4 Å². The predicted octanol–water partition coefficient (Wildman–Crippen LogP) is 2.40. The molecule has 1 aromatic heterocycles. The lowest BCUT2D eigenvalue weighted by atomic mass is 10.1. The average molecular weight is 411 g/mol. The van der Waals surface area contributed by atoms with Crippen molar-refractivity contribution in [1.82, 2.24) is 4.98 Å². The summed E-state index contributed by atoms with van der Waals surface area (Å²) in [6.45, 7) is 3.78. The van der Waals surface area contributed by atoms with Gasteiger partial charge in [-0.2, -0.15) is 0 Å². The third kappa shape index (κ3) is 4.27. The zero-order valence-electron chi connectivity index (χ0n) is 16.5. The van der Waals surface area contributed by atoms with E-state index >= 15 is 0 Å². The maximum Gasteiger partial charge on any atom is 0.131 e. The number of fused-ring (bicyclic) bond motifs is 2. The number of pyridine rings is 1. The first-order chi connectivity index (χ1) is 14.0. The number of aliphatic hydroxyl groups is 1. The van der Waals surface area contributed by atoms with Crippen molar-refractivity contribution in [3.05, 3.63) is 59.7 Å². The Balaban J connectivity index is 1.73. The largest absolute Gasteiger partial charge is 0.395 e. The molecule has 2 aromatic carbocycles. The van der Waals surface area contributed by atoms with Gasteiger partial charge in [-0.05, 0) is 30.7 Å². The molecule has 4 rings (SSSR count). The van der Waals surface area contributed by atoms with Gasteiger partial charge in [-0.15, -0.1) is 0 Å². The van der Waals surface area contributed by atoms with Crippen LogP contribution < -0.4 is 16.0 Å². The standard InChI is InChI=1S/C22H26N4O2S/c1-15-6-7-19-18(10-15)20(24-12-17(23)14-27)11-22(25-19)26-8-9-29(28)21-5-3-2-4-16(21)13-26/h2-7,10-11,17,27H,8-9,12-14,23H2,1H3,(H,24,25)/t17-,29?/m0/s1. The Bertz CT molecular complexity index is 1060. The molecule has 1 unspecified atom stereocenters. The molecule has 2 atom stereocenters. The number of aliphatic hydroxyl groups excluding tert-OH is 1. The fourth-order valence-electron chi connectivity index (χ4n) is 3.58. The lowest BCUT2D eigenvalue weighted by molar-refractivity contribution is 0.270. The van der Waals surface area contributed by atoms with Crippen molar-refractivity contribution in [3.63, 3.8) is 0 Å². The first kappa shape index (κ1) is 19.8. The molecule has 0 amide bonds. The zero-order chi connectivity index (χ0) is 20.4. The summed E-state index contributed by atoms with van der Waals surface area (Å²) >= 11 is 0. The molecule has 3 aromatic rings. The highest BCUT2D eigenvalue weighted by Gasteiger charge is 2.21. The number of nitrogens with zero attached hydrogens (tertiary/aromatic N) is 2. The van der Waals surface area contributed by atoms with E-state index in [1.165, 1.54) is 0 Å². The summed E-state index contributed by atoms with van der Waals surface area (Å²) in [5, 5.41) is 13.7. The highest BCUT2D eigenvalue weighted by molar-refractivity contribution is 7.85. The second-order valence-corrected chi connectivity index (χ2v) is 8.99. The Morgan fingerprint density at radius 1 is 1.28 bits per heavy atom. The number of nitrogens with one attached hydrogen (secondary N) is 1. The minimum absolute atomic E-state index is 0.0728. The van der Waals surface area contributed by atoms with Crippen molar-refractivity contribution in [1.29, 1.82) is 0 Å². The van der Waals surface area contributed by atoms with Gasteiger partial charge >= 0.3 is 0 Å². The van der Waals surface area contributed by atoms with Gasteiger partial charge in [0.2, 0.25) is 0 Å². The molecule has 0 spiro atoms. The first-order valence-electron chi connectivity index (χ1n) is 9.78. The Kier molecular flexibility index (Phi) is 5.80. The quantitative estimate of drug-likeness (QED) is 0.598. The lowest BCUT2D eigenvalue weighted by Crippen LogP contribution is -2.32. The Morgan fingerprint density at radius 3 is 2.93 bits per heavy atom. The SMILES string of the molecule is Cc1ccc2nc(N3CCS(=O)c4ccccc4C3)cc(NC[C@H](N)CO)c2c1. The molecule has 7 heteroatoms. The number of anilines is 2. The van der Waals surface area contributed by atoms with Gasteiger partial charge in [0.25, 0.3) is 0 Å². The Morgan fingerprint density at radius 2 is 2.10 bits per heavy atom. The molecule has 0 radical (unpaired) electrons. The molecular weight excluding hydrogens is 384 g/mol. The van der Waals surface area contributed by atoms with Gasteiger partial charge in [0.15, 0.2) is 0 Å². The van der Waals surface area contributed by atoms with E-state index in [0.29, 0.717) is 25.4 Å². The molecular formula is C22H26N4O2S. The van der Waals surface area contributed by atoms with E-state index < -0.39 is 10.8 Å². The molecule has 0 bridgehead atoms. The van der Waals surface area contributed by atoms with Gasteiger partial charge in [0, 0.05) is 53.5 Å². The smallest absolute Gasteiger partial charge is 0.131 e. The van der Waals surface area contributed by atoms with Crippen molar-refractivity contribution in [2.75, 3.05) is 35.7 Å². The highest BCUT2D eigenvalue weighted by atomic mass is 32.2.